The second-order valence-corrected chi connectivity index (χ2v) is 7.89. The lowest BCUT2D eigenvalue weighted by atomic mass is 10.3. The fraction of sp³-hybridized carbons (Fsp3) is 0.105. The van der Waals surface area contributed by atoms with E-state index in [0.29, 0.717) is 28.2 Å². The Kier molecular flexibility index (Phi) is 6.20. The quantitative estimate of drug-likeness (QED) is 0.335. The van der Waals surface area contributed by atoms with E-state index in [-0.39, 0.29) is 17.6 Å². The lowest BCUT2D eigenvalue weighted by Gasteiger charge is -2.09. The third kappa shape index (κ3) is 4.75. The van der Waals surface area contributed by atoms with Crippen molar-refractivity contribution in [3.8, 4) is 11.6 Å². The van der Waals surface area contributed by atoms with Crippen molar-refractivity contribution in [2.24, 2.45) is 0 Å². The van der Waals surface area contributed by atoms with Gasteiger partial charge in [0, 0.05) is 12.4 Å². The van der Waals surface area contributed by atoms with Crippen LogP contribution in [-0.2, 0) is 11.3 Å². The number of pyridine rings is 1. The zero-order valence-electron chi connectivity index (χ0n) is 15.5. The number of nitrogens with one attached hydrogen (secondary N) is 2. The first kappa shape index (κ1) is 19.9. The minimum atomic E-state index is -0.361. The predicted octanol–water partition coefficient (Wildman–Crippen LogP) is 2.60. The molecule has 152 valence electrons. The van der Waals surface area contributed by atoms with Gasteiger partial charge in [0.2, 0.25) is 11.7 Å². The summed E-state index contributed by atoms with van der Waals surface area (Å²) in [5.74, 6) is 0.459. The Morgan fingerprint density at radius 3 is 2.80 bits per heavy atom. The molecule has 0 aromatic carbocycles. The molecule has 4 heterocycles. The molecule has 9 nitrogen and oxygen atoms in total. The molecule has 0 bridgehead atoms. The van der Waals surface area contributed by atoms with E-state index in [1.807, 2.05) is 16.7 Å². The number of carbonyl (C=O) groups is 2. The Hall–Kier alpha value is -3.44. The summed E-state index contributed by atoms with van der Waals surface area (Å²) in [5, 5.41) is 10.8. The van der Waals surface area contributed by atoms with Gasteiger partial charge in [-0.15, -0.1) is 21.5 Å². The van der Waals surface area contributed by atoms with Crippen molar-refractivity contribution >= 4 is 34.9 Å². The summed E-state index contributed by atoms with van der Waals surface area (Å²) in [7, 11) is 0. The average Bonchev–Trinajstić information content (AvgIpc) is 3.53. The second kappa shape index (κ2) is 9.37. The molecule has 0 aliphatic heterocycles. The van der Waals surface area contributed by atoms with Crippen LogP contribution in [0.5, 0.6) is 0 Å². The number of amides is 2. The van der Waals surface area contributed by atoms with Gasteiger partial charge in [0.05, 0.1) is 23.4 Å². The maximum Gasteiger partial charge on any atom is 0.279 e. The zero-order chi connectivity index (χ0) is 20.8. The molecule has 0 saturated carbocycles. The van der Waals surface area contributed by atoms with Crippen LogP contribution in [0, 0.1) is 0 Å². The van der Waals surface area contributed by atoms with Gasteiger partial charge in [0.25, 0.3) is 5.91 Å². The van der Waals surface area contributed by atoms with Crippen LogP contribution < -0.4 is 10.9 Å². The van der Waals surface area contributed by atoms with Gasteiger partial charge in [0.1, 0.15) is 0 Å². The number of thiophene rings is 1. The number of rotatable bonds is 7. The number of hydrogen-bond acceptors (Lipinski definition) is 8. The number of nitrogens with zero attached hydrogens (tertiary/aromatic N) is 4. The van der Waals surface area contributed by atoms with Crippen LogP contribution in [0.1, 0.15) is 15.2 Å². The molecule has 4 rings (SSSR count). The van der Waals surface area contributed by atoms with E-state index in [1.54, 1.807) is 48.3 Å². The van der Waals surface area contributed by atoms with Gasteiger partial charge >= 0.3 is 0 Å². The molecule has 0 saturated heterocycles. The zero-order valence-corrected chi connectivity index (χ0v) is 17.2. The van der Waals surface area contributed by atoms with Crippen LogP contribution in [0.25, 0.3) is 11.6 Å². The molecule has 2 amide bonds. The first-order chi connectivity index (χ1) is 14.7. The van der Waals surface area contributed by atoms with Crippen molar-refractivity contribution in [1.82, 2.24) is 30.6 Å². The number of furan rings is 1. The van der Waals surface area contributed by atoms with Gasteiger partial charge in [-0.05, 0) is 35.2 Å². The van der Waals surface area contributed by atoms with Crippen molar-refractivity contribution < 1.29 is 14.0 Å². The lowest BCUT2D eigenvalue weighted by Crippen LogP contribution is -2.42. The molecule has 4 aromatic rings. The lowest BCUT2D eigenvalue weighted by molar-refractivity contribution is -0.119. The predicted molar refractivity (Wildman–Crippen MR) is 112 cm³/mol. The monoisotopic (exact) mass is 440 g/mol. The first-order valence-electron chi connectivity index (χ1n) is 8.82. The third-order valence-corrected chi connectivity index (χ3v) is 5.75. The summed E-state index contributed by atoms with van der Waals surface area (Å²) < 4.78 is 7.32. The van der Waals surface area contributed by atoms with Crippen LogP contribution in [0.15, 0.2) is 70.0 Å². The Labute approximate surface area is 179 Å². The molecule has 0 radical (unpaired) electrons. The highest BCUT2D eigenvalue weighted by molar-refractivity contribution is 7.99. The average molecular weight is 441 g/mol. The van der Waals surface area contributed by atoms with Crippen molar-refractivity contribution in [3.63, 3.8) is 0 Å². The van der Waals surface area contributed by atoms with E-state index in [1.165, 1.54) is 23.1 Å². The van der Waals surface area contributed by atoms with E-state index >= 15 is 0 Å². The molecule has 0 unspecified atom stereocenters. The number of aromatic nitrogens is 4. The highest BCUT2D eigenvalue weighted by Crippen LogP contribution is 2.25. The van der Waals surface area contributed by atoms with E-state index in [9.17, 15) is 9.59 Å². The maximum atomic E-state index is 12.2. The van der Waals surface area contributed by atoms with E-state index < -0.39 is 0 Å². The maximum absolute atomic E-state index is 12.2. The van der Waals surface area contributed by atoms with Gasteiger partial charge in [-0.1, -0.05) is 23.9 Å². The van der Waals surface area contributed by atoms with Crippen LogP contribution >= 0.6 is 23.1 Å². The van der Waals surface area contributed by atoms with Gasteiger partial charge < -0.3 is 4.42 Å². The summed E-state index contributed by atoms with van der Waals surface area (Å²) in [6, 6.07) is 10.8. The van der Waals surface area contributed by atoms with Gasteiger partial charge in [-0.25, -0.2) is 0 Å². The number of hydrogen-bond donors (Lipinski definition) is 2. The fourth-order valence-corrected chi connectivity index (χ4v) is 3.92. The summed E-state index contributed by atoms with van der Waals surface area (Å²) in [5.41, 5.74) is 5.76. The first-order valence-corrected chi connectivity index (χ1v) is 10.7. The van der Waals surface area contributed by atoms with Crippen LogP contribution in [-0.4, -0.2) is 37.3 Å². The summed E-state index contributed by atoms with van der Waals surface area (Å²) in [4.78, 5) is 28.7. The Morgan fingerprint density at radius 1 is 1.13 bits per heavy atom. The molecule has 0 spiro atoms. The molecular formula is C19H16N6O3S2. The molecule has 11 heteroatoms. The van der Waals surface area contributed by atoms with Gasteiger partial charge in [0.15, 0.2) is 10.9 Å². The number of carbonyl (C=O) groups excluding carboxylic acids is 2. The molecule has 0 aliphatic rings. The van der Waals surface area contributed by atoms with E-state index in [0.717, 1.165) is 5.56 Å². The normalized spacial score (nSPS) is 10.7. The molecule has 2 N–H and O–H groups in total. The summed E-state index contributed by atoms with van der Waals surface area (Å²) in [6.45, 7) is 0.468. The highest BCUT2D eigenvalue weighted by Gasteiger charge is 2.18. The Morgan fingerprint density at radius 2 is 2.07 bits per heavy atom. The Balaban J connectivity index is 1.43. The van der Waals surface area contributed by atoms with Crippen LogP contribution in [0.4, 0.5) is 0 Å². The molecule has 0 aliphatic carbocycles. The topological polar surface area (TPSA) is 115 Å². The van der Waals surface area contributed by atoms with Crippen molar-refractivity contribution in [3.05, 3.63) is 70.9 Å². The molecule has 4 aromatic heterocycles. The number of hydrazine groups is 1. The Bertz CT molecular complexity index is 1110. The minimum absolute atomic E-state index is 0.0497. The standard InChI is InChI=1S/C19H16N6O3S2/c26-16(21-23-18(27)15-6-3-9-29-15)12-30-19-24-22-17(14-5-2-8-28-14)25(19)11-13-4-1-7-20-10-13/h1-10H,11-12H2,(H,21,26)(H,23,27). The SMILES string of the molecule is O=C(CSc1nnc(-c2ccco2)n1Cc1cccnc1)NNC(=O)c1cccs1. The van der Waals surface area contributed by atoms with Crippen molar-refractivity contribution in [1.29, 1.82) is 0 Å². The second-order valence-electron chi connectivity index (χ2n) is 6.00. The molecule has 30 heavy (non-hydrogen) atoms. The highest BCUT2D eigenvalue weighted by atomic mass is 32.2. The van der Waals surface area contributed by atoms with E-state index in [2.05, 4.69) is 26.0 Å². The number of thioether (sulfide) groups is 1. The van der Waals surface area contributed by atoms with Gasteiger partial charge in [-0.2, -0.15) is 0 Å². The molecule has 0 fully saturated rings. The van der Waals surface area contributed by atoms with Crippen LogP contribution in [0.3, 0.4) is 0 Å². The largest absolute Gasteiger partial charge is 0.461 e. The smallest absolute Gasteiger partial charge is 0.279 e. The van der Waals surface area contributed by atoms with Crippen molar-refractivity contribution in [2.45, 2.75) is 11.7 Å². The van der Waals surface area contributed by atoms with Gasteiger partial charge in [-0.3, -0.25) is 30.0 Å². The van der Waals surface area contributed by atoms with E-state index in [4.69, 9.17) is 4.42 Å². The van der Waals surface area contributed by atoms with Crippen LogP contribution in [0.2, 0.25) is 0 Å². The minimum Gasteiger partial charge on any atom is -0.461 e. The fourth-order valence-electron chi connectivity index (χ4n) is 2.56. The molecule has 0 atom stereocenters. The molecular weight excluding hydrogens is 424 g/mol. The van der Waals surface area contributed by atoms with Crippen molar-refractivity contribution in [2.75, 3.05) is 5.75 Å². The summed E-state index contributed by atoms with van der Waals surface area (Å²) >= 11 is 2.50. The third-order valence-electron chi connectivity index (χ3n) is 3.91. The summed E-state index contributed by atoms with van der Waals surface area (Å²) in [6.07, 6.45) is 5.02.